The van der Waals surface area contributed by atoms with E-state index in [0.29, 0.717) is 0 Å². The Bertz CT molecular complexity index is 1070. The largest absolute Gasteiger partial charge is 0.336 e. The Kier molecular flexibility index (Phi) is 9.23. The highest BCUT2D eigenvalue weighted by Crippen LogP contribution is 2.24. The zero-order chi connectivity index (χ0) is 24.5. The number of unbranched alkanes of at least 4 members (excludes halogenated alkanes) is 2. The van der Waals surface area contributed by atoms with Crippen LogP contribution in [0.5, 0.6) is 0 Å². The minimum Gasteiger partial charge on any atom is -0.336 e. The van der Waals surface area contributed by atoms with Crippen molar-refractivity contribution in [3.63, 3.8) is 0 Å². The number of rotatable bonds is 12. The fraction of sp³-hybridized carbons (Fsp3) is 0.571. The number of hydrogen-bond donors (Lipinski definition) is 0. The van der Waals surface area contributed by atoms with Gasteiger partial charge in [0, 0.05) is 25.2 Å². The number of aromatic nitrogens is 4. The zero-order valence-corrected chi connectivity index (χ0v) is 21.5. The van der Waals surface area contributed by atoms with E-state index in [2.05, 4.69) is 40.4 Å². The van der Waals surface area contributed by atoms with Crippen LogP contribution in [0.4, 0.5) is 0 Å². The standard InChI is InChI=1S/C28H40N6O/c1-3-5-19-33(20-6-4-2)28(35)25-29-22-24-27(31-25)34(21-13-18-32-16-11-8-12-17-32)26(30-24)23-14-9-7-10-15-23/h7,9-10,14-15,22H,3-6,8,11-13,16-21H2,1-2H3. The lowest BCUT2D eigenvalue weighted by Crippen LogP contribution is -2.34. The minimum absolute atomic E-state index is 0.0730. The van der Waals surface area contributed by atoms with Crippen LogP contribution in [0, 0.1) is 0 Å². The van der Waals surface area contributed by atoms with E-state index in [1.165, 1.54) is 32.4 Å². The Balaban J connectivity index is 1.62. The molecule has 7 nitrogen and oxygen atoms in total. The maximum atomic E-state index is 13.4. The summed E-state index contributed by atoms with van der Waals surface area (Å²) in [7, 11) is 0. The molecule has 0 N–H and O–H groups in total. The summed E-state index contributed by atoms with van der Waals surface area (Å²) in [6.07, 6.45) is 10.8. The lowest BCUT2D eigenvalue weighted by atomic mass is 10.1. The van der Waals surface area contributed by atoms with Gasteiger partial charge in [-0.15, -0.1) is 0 Å². The predicted molar refractivity (Wildman–Crippen MR) is 141 cm³/mol. The van der Waals surface area contributed by atoms with E-state index in [9.17, 15) is 4.79 Å². The molecule has 188 valence electrons. The molecule has 35 heavy (non-hydrogen) atoms. The molecule has 1 amide bonds. The van der Waals surface area contributed by atoms with Crippen LogP contribution in [-0.2, 0) is 6.54 Å². The molecule has 1 saturated heterocycles. The average molecular weight is 477 g/mol. The summed E-state index contributed by atoms with van der Waals surface area (Å²) in [5.41, 5.74) is 2.56. The van der Waals surface area contributed by atoms with Crippen molar-refractivity contribution < 1.29 is 4.79 Å². The summed E-state index contributed by atoms with van der Waals surface area (Å²) < 4.78 is 2.19. The predicted octanol–water partition coefficient (Wildman–Crippen LogP) is 5.41. The van der Waals surface area contributed by atoms with Crippen LogP contribution >= 0.6 is 0 Å². The number of fused-ring (bicyclic) bond motifs is 1. The van der Waals surface area contributed by atoms with Gasteiger partial charge in [0.25, 0.3) is 5.91 Å². The zero-order valence-electron chi connectivity index (χ0n) is 21.5. The number of amides is 1. The Morgan fingerprint density at radius 1 is 0.914 bits per heavy atom. The van der Waals surface area contributed by atoms with Crippen molar-refractivity contribution in [3.05, 3.63) is 42.4 Å². The monoisotopic (exact) mass is 476 g/mol. The van der Waals surface area contributed by atoms with Gasteiger partial charge in [-0.3, -0.25) is 4.79 Å². The van der Waals surface area contributed by atoms with E-state index >= 15 is 0 Å². The summed E-state index contributed by atoms with van der Waals surface area (Å²) >= 11 is 0. The SMILES string of the molecule is CCCCN(CCCC)C(=O)c1ncc2nc(-c3ccccc3)n(CCCN3CCCCC3)c2n1. The van der Waals surface area contributed by atoms with E-state index in [1.807, 2.05) is 23.1 Å². The molecule has 0 unspecified atom stereocenters. The second kappa shape index (κ2) is 12.8. The van der Waals surface area contributed by atoms with Gasteiger partial charge in [-0.05, 0) is 51.7 Å². The number of nitrogens with zero attached hydrogens (tertiary/aromatic N) is 6. The summed E-state index contributed by atoms with van der Waals surface area (Å²) in [4.78, 5) is 32.0. The van der Waals surface area contributed by atoms with Crippen molar-refractivity contribution in [2.75, 3.05) is 32.7 Å². The molecule has 2 aromatic heterocycles. The third-order valence-electron chi connectivity index (χ3n) is 6.87. The van der Waals surface area contributed by atoms with E-state index in [4.69, 9.17) is 9.97 Å². The summed E-state index contributed by atoms with van der Waals surface area (Å²) in [6.45, 7) is 10.1. The van der Waals surface area contributed by atoms with Gasteiger partial charge in [-0.1, -0.05) is 63.4 Å². The number of piperidine rings is 1. The molecule has 0 radical (unpaired) electrons. The molecule has 0 spiro atoms. The molecule has 3 aromatic rings. The Morgan fingerprint density at radius 3 is 2.31 bits per heavy atom. The number of aryl methyl sites for hydroxylation is 1. The minimum atomic E-state index is -0.0730. The highest BCUT2D eigenvalue weighted by atomic mass is 16.2. The van der Waals surface area contributed by atoms with E-state index in [0.717, 1.165) is 80.8 Å². The molecule has 1 aromatic carbocycles. The van der Waals surface area contributed by atoms with Gasteiger partial charge in [0.05, 0.1) is 6.20 Å². The van der Waals surface area contributed by atoms with Gasteiger partial charge < -0.3 is 14.4 Å². The van der Waals surface area contributed by atoms with Gasteiger partial charge in [0.2, 0.25) is 5.82 Å². The fourth-order valence-electron chi connectivity index (χ4n) is 4.83. The molecule has 1 aliphatic heterocycles. The molecule has 1 fully saturated rings. The van der Waals surface area contributed by atoms with Gasteiger partial charge in [-0.25, -0.2) is 15.0 Å². The van der Waals surface area contributed by atoms with Crippen LogP contribution in [0.2, 0.25) is 0 Å². The molecule has 3 heterocycles. The molecule has 0 bridgehead atoms. The number of likely N-dealkylation sites (tertiary alicyclic amines) is 1. The van der Waals surface area contributed by atoms with Crippen LogP contribution in [0.15, 0.2) is 36.5 Å². The van der Waals surface area contributed by atoms with Crippen LogP contribution in [-0.4, -0.2) is 67.9 Å². The summed E-state index contributed by atoms with van der Waals surface area (Å²) in [5, 5.41) is 0. The van der Waals surface area contributed by atoms with Crippen LogP contribution < -0.4 is 0 Å². The van der Waals surface area contributed by atoms with Gasteiger partial charge in [-0.2, -0.15) is 0 Å². The fourth-order valence-corrected chi connectivity index (χ4v) is 4.83. The first-order valence-corrected chi connectivity index (χ1v) is 13.5. The topological polar surface area (TPSA) is 67.2 Å². The van der Waals surface area contributed by atoms with Crippen molar-refractivity contribution in [2.45, 2.75) is 71.8 Å². The smallest absolute Gasteiger partial charge is 0.291 e. The van der Waals surface area contributed by atoms with Crippen molar-refractivity contribution >= 4 is 17.1 Å². The second-order valence-corrected chi connectivity index (χ2v) is 9.61. The van der Waals surface area contributed by atoms with Crippen molar-refractivity contribution in [2.24, 2.45) is 0 Å². The van der Waals surface area contributed by atoms with Crippen molar-refractivity contribution in [1.29, 1.82) is 0 Å². The van der Waals surface area contributed by atoms with E-state index in [-0.39, 0.29) is 11.7 Å². The Labute approximate surface area is 209 Å². The summed E-state index contributed by atoms with van der Waals surface area (Å²) in [5.74, 6) is 1.10. The molecule has 0 aliphatic carbocycles. The third-order valence-corrected chi connectivity index (χ3v) is 6.87. The maximum absolute atomic E-state index is 13.4. The second-order valence-electron chi connectivity index (χ2n) is 9.61. The first-order chi connectivity index (χ1) is 17.2. The van der Waals surface area contributed by atoms with Gasteiger partial charge in [0.1, 0.15) is 11.3 Å². The van der Waals surface area contributed by atoms with Crippen molar-refractivity contribution in [1.82, 2.24) is 29.3 Å². The average Bonchev–Trinajstić information content (AvgIpc) is 3.27. The van der Waals surface area contributed by atoms with Crippen LogP contribution in [0.1, 0.15) is 75.8 Å². The Hall–Kier alpha value is -2.80. The first kappa shape index (κ1) is 25.3. The maximum Gasteiger partial charge on any atom is 0.291 e. The highest BCUT2D eigenvalue weighted by Gasteiger charge is 2.21. The number of imidazole rings is 1. The number of benzene rings is 1. The Morgan fingerprint density at radius 2 is 1.63 bits per heavy atom. The number of carbonyl (C=O) groups excluding carboxylic acids is 1. The molecule has 0 atom stereocenters. The van der Waals surface area contributed by atoms with E-state index in [1.54, 1.807) is 6.20 Å². The normalized spacial score (nSPS) is 14.5. The lowest BCUT2D eigenvalue weighted by molar-refractivity contribution is 0.0739. The molecular weight excluding hydrogens is 436 g/mol. The van der Waals surface area contributed by atoms with Gasteiger partial charge >= 0.3 is 0 Å². The lowest BCUT2D eigenvalue weighted by Gasteiger charge is -2.26. The number of hydrogen-bond acceptors (Lipinski definition) is 5. The quantitative estimate of drug-likeness (QED) is 0.350. The summed E-state index contributed by atoms with van der Waals surface area (Å²) in [6, 6.07) is 10.3. The highest BCUT2D eigenvalue weighted by molar-refractivity contribution is 5.92. The third kappa shape index (κ3) is 6.45. The molecule has 7 heteroatoms. The first-order valence-electron chi connectivity index (χ1n) is 13.5. The molecule has 0 saturated carbocycles. The van der Waals surface area contributed by atoms with Crippen molar-refractivity contribution in [3.8, 4) is 11.4 Å². The molecule has 1 aliphatic rings. The number of carbonyl (C=O) groups is 1. The van der Waals surface area contributed by atoms with E-state index < -0.39 is 0 Å². The van der Waals surface area contributed by atoms with Crippen LogP contribution in [0.3, 0.4) is 0 Å². The molecular formula is C28H40N6O. The van der Waals surface area contributed by atoms with Gasteiger partial charge in [0.15, 0.2) is 5.65 Å². The van der Waals surface area contributed by atoms with Crippen LogP contribution in [0.25, 0.3) is 22.6 Å². The molecule has 4 rings (SSSR count).